The van der Waals surface area contributed by atoms with Gasteiger partial charge >= 0.3 is 0 Å². The van der Waals surface area contributed by atoms with Crippen LogP contribution in [0.5, 0.6) is 11.5 Å². The van der Waals surface area contributed by atoms with Crippen LogP contribution in [0.25, 0.3) is 16.9 Å². The van der Waals surface area contributed by atoms with Gasteiger partial charge in [-0.25, -0.2) is 9.50 Å². The van der Waals surface area contributed by atoms with Crippen molar-refractivity contribution in [1.29, 1.82) is 0 Å². The minimum absolute atomic E-state index is 0.130. The average Bonchev–Trinajstić information content (AvgIpc) is 3.07. The summed E-state index contributed by atoms with van der Waals surface area (Å²) in [6.45, 7) is 4.05. The van der Waals surface area contributed by atoms with Crippen LogP contribution in [0.15, 0.2) is 24.3 Å². The van der Waals surface area contributed by atoms with Crippen LogP contribution < -0.4 is 14.8 Å². The van der Waals surface area contributed by atoms with Crippen molar-refractivity contribution in [2.75, 3.05) is 14.2 Å². The molecule has 0 radical (unpaired) electrons. The van der Waals surface area contributed by atoms with Gasteiger partial charge in [-0.3, -0.25) is 4.79 Å². The predicted molar refractivity (Wildman–Crippen MR) is 129 cm³/mol. The number of aromatic nitrogens is 3. The Kier molecular flexibility index (Phi) is 7.16. The Hall–Kier alpha value is -3.09. The fourth-order valence-corrected chi connectivity index (χ4v) is 4.79. The second kappa shape index (κ2) is 10.2. The number of benzene rings is 1. The third kappa shape index (κ3) is 5.13. The number of ether oxygens (including phenoxy) is 2. The standard InChI is InChI=1S/C26H34N4O3/c1-17-21(13-14-26(31)28-19-9-7-5-6-8-10-19)18(2)30-25(27-17)16-23(29-30)22-12-11-20(32-3)15-24(22)33-4/h11-12,15-16,19H,5-10,13-14H2,1-4H3,(H,28,31). The van der Waals surface area contributed by atoms with Crippen molar-refractivity contribution in [3.8, 4) is 22.8 Å². The van der Waals surface area contributed by atoms with Crippen molar-refractivity contribution in [3.05, 3.63) is 41.2 Å². The fraction of sp³-hybridized carbons (Fsp3) is 0.500. The summed E-state index contributed by atoms with van der Waals surface area (Å²) in [5, 5.41) is 8.06. The van der Waals surface area contributed by atoms with Gasteiger partial charge in [-0.15, -0.1) is 0 Å². The minimum Gasteiger partial charge on any atom is -0.497 e. The second-order valence-electron chi connectivity index (χ2n) is 8.88. The minimum atomic E-state index is 0.130. The van der Waals surface area contributed by atoms with E-state index in [9.17, 15) is 4.79 Å². The molecule has 2 heterocycles. The van der Waals surface area contributed by atoms with Gasteiger partial charge in [0.2, 0.25) is 5.91 Å². The molecule has 1 aliphatic carbocycles. The lowest BCUT2D eigenvalue weighted by molar-refractivity contribution is -0.121. The topological polar surface area (TPSA) is 77.8 Å². The first kappa shape index (κ1) is 23.1. The van der Waals surface area contributed by atoms with E-state index in [1.54, 1.807) is 14.2 Å². The SMILES string of the molecule is COc1ccc(-c2cc3nc(C)c(CCC(=O)NC4CCCCCC4)c(C)n3n2)c(OC)c1. The predicted octanol–water partition coefficient (Wildman–Crippen LogP) is 4.80. The van der Waals surface area contributed by atoms with Crippen LogP contribution in [-0.2, 0) is 11.2 Å². The summed E-state index contributed by atoms with van der Waals surface area (Å²) in [5.41, 5.74) is 5.48. The summed E-state index contributed by atoms with van der Waals surface area (Å²) >= 11 is 0. The highest BCUT2D eigenvalue weighted by Crippen LogP contribution is 2.33. The van der Waals surface area contributed by atoms with E-state index in [2.05, 4.69) is 5.32 Å². The Labute approximate surface area is 195 Å². The third-order valence-electron chi connectivity index (χ3n) is 6.67. The van der Waals surface area contributed by atoms with Gasteiger partial charge < -0.3 is 14.8 Å². The molecule has 4 rings (SSSR count). The lowest BCUT2D eigenvalue weighted by atomic mass is 10.1. The van der Waals surface area contributed by atoms with Crippen LogP contribution in [0.2, 0.25) is 0 Å². The molecule has 0 atom stereocenters. The zero-order valence-corrected chi connectivity index (χ0v) is 20.1. The van der Waals surface area contributed by atoms with E-state index in [0.717, 1.165) is 52.4 Å². The second-order valence-corrected chi connectivity index (χ2v) is 8.88. The number of amides is 1. The lowest BCUT2D eigenvalue weighted by Crippen LogP contribution is -2.34. The van der Waals surface area contributed by atoms with Gasteiger partial charge in [-0.2, -0.15) is 5.10 Å². The number of fused-ring (bicyclic) bond motifs is 1. The Morgan fingerprint density at radius 2 is 1.85 bits per heavy atom. The molecule has 33 heavy (non-hydrogen) atoms. The molecule has 7 heteroatoms. The zero-order chi connectivity index (χ0) is 23.4. The largest absolute Gasteiger partial charge is 0.497 e. The number of carbonyl (C=O) groups excluding carboxylic acids is 1. The monoisotopic (exact) mass is 450 g/mol. The third-order valence-corrected chi connectivity index (χ3v) is 6.67. The van der Waals surface area contributed by atoms with Crippen molar-refractivity contribution >= 4 is 11.6 Å². The van der Waals surface area contributed by atoms with E-state index in [4.69, 9.17) is 19.6 Å². The number of methoxy groups -OCH3 is 2. The van der Waals surface area contributed by atoms with Gasteiger partial charge in [-0.05, 0) is 50.8 Å². The molecule has 0 spiro atoms. The highest BCUT2D eigenvalue weighted by atomic mass is 16.5. The number of nitrogens with one attached hydrogen (secondary N) is 1. The van der Waals surface area contributed by atoms with E-state index in [1.165, 1.54) is 25.7 Å². The van der Waals surface area contributed by atoms with Crippen LogP contribution in [0, 0.1) is 13.8 Å². The Morgan fingerprint density at radius 3 is 2.55 bits per heavy atom. The van der Waals surface area contributed by atoms with Crippen molar-refractivity contribution in [1.82, 2.24) is 19.9 Å². The Balaban J connectivity index is 1.54. The summed E-state index contributed by atoms with van der Waals surface area (Å²) in [4.78, 5) is 17.4. The van der Waals surface area contributed by atoms with Gasteiger partial charge in [0, 0.05) is 41.5 Å². The molecule has 0 bridgehead atoms. The van der Waals surface area contributed by atoms with Crippen molar-refractivity contribution < 1.29 is 14.3 Å². The highest BCUT2D eigenvalue weighted by Gasteiger charge is 2.18. The molecule has 2 aromatic heterocycles. The normalized spacial score (nSPS) is 14.8. The van der Waals surface area contributed by atoms with Crippen LogP contribution in [-0.4, -0.2) is 40.8 Å². The molecule has 1 fully saturated rings. The van der Waals surface area contributed by atoms with Crippen molar-refractivity contribution in [2.45, 2.75) is 71.3 Å². The molecule has 176 valence electrons. The highest BCUT2D eigenvalue weighted by molar-refractivity contribution is 5.76. The first-order valence-electron chi connectivity index (χ1n) is 11.9. The maximum Gasteiger partial charge on any atom is 0.220 e. The number of hydrogen-bond donors (Lipinski definition) is 1. The molecule has 0 unspecified atom stereocenters. The molecule has 1 aliphatic rings. The van der Waals surface area contributed by atoms with Crippen LogP contribution in [0.4, 0.5) is 0 Å². The number of hydrogen-bond acceptors (Lipinski definition) is 5. The van der Waals surface area contributed by atoms with E-state index >= 15 is 0 Å². The van der Waals surface area contributed by atoms with Gasteiger partial charge in [0.05, 0.1) is 19.9 Å². The van der Waals surface area contributed by atoms with Crippen LogP contribution in [0.3, 0.4) is 0 Å². The molecule has 3 aromatic rings. The molecular weight excluding hydrogens is 416 g/mol. The number of nitrogens with zero attached hydrogens (tertiary/aromatic N) is 3. The smallest absolute Gasteiger partial charge is 0.220 e. The molecule has 1 N–H and O–H groups in total. The first-order valence-corrected chi connectivity index (χ1v) is 11.9. The zero-order valence-electron chi connectivity index (χ0n) is 20.1. The Morgan fingerprint density at radius 1 is 1.09 bits per heavy atom. The molecule has 7 nitrogen and oxygen atoms in total. The molecule has 0 saturated heterocycles. The van der Waals surface area contributed by atoms with Gasteiger partial charge in [0.25, 0.3) is 0 Å². The van der Waals surface area contributed by atoms with E-state index in [0.29, 0.717) is 24.6 Å². The van der Waals surface area contributed by atoms with E-state index in [-0.39, 0.29) is 5.91 Å². The lowest BCUT2D eigenvalue weighted by Gasteiger charge is -2.17. The Bertz CT molecular complexity index is 1130. The summed E-state index contributed by atoms with van der Waals surface area (Å²) in [5.74, 6) is 1.56. The summed E-state index contributed by atoms with van der Waals surface area (Å²) in [6, 6.07) is 7.98. The molecule has 0 aliphatic heterocycles. The quantitative estimate of drug-likeness (QED) is 0.523. The molecule has 1 aromatic carbocycles. The van der Waals surface area contributed by atoms with E-state index in [1.807, 2.05) is 42.6 Å². The van der Waals surface area contributed by atoms with Gasteiger partial charge in [-0.1, -0.05) is 25.7 Å². The molecular formula is C26H34N4O3. The van der Waals surface area contributed by atoms with Gasteiger partial charge in [0.15, 0.2) is 5.65 Å². The van der Waals surface area contributed by atoms with Crippen molar-refractivity contribution in [3.63, 3.8) is 0 Å². The summed E-state index contributed by atoms with van der Waals surface area (Å²) in [6.07, 6.45) is 8.31. The summed E-state index contributed by atoms with van der Waals surface area (Å²) < 4.78 is 12.7. The number of aryl methyl sites for hydroxylation is 2. The number of rotatable bonds is 7. The maximum absolute atomic E-state index is 12.6. The van der Waals surface area contributed by atoms with Crippen LogP contribution in [0.1, 0.15) is 61.9 Å². The first-order chi connectivity index (χ1) is 16.0. The van der Waals surface area contributed by atoms with E-state index < -0.39 is 0 Å². The number of carbonyl (C=O) groups is 1. The molecule has 1 saturated carbocycles. The van der Waals surface area contributed by atoms with Crippen molar-refractivity contribution in [2.24, 2.45) is 0 Å². The van der Waals surface area contributed by atoms with Crippen LogP contribution >= 0.6 is 0 Å². The molecule has 1 amide bonds. The van der Waals surface area contributed by atoms with Gasteiger partial charge in [0.1, 0.15) is 11.5 Å². The fourth-order valence-electron chi connectivity index (χ4n) is 4.79. The summed E-state index contributed by atoms with van der Waals surface area (Å²) in [7, 11) is 3.27. The average molecular weight is 451 g/mol. The maximum atomic E-state index is 12.6.